The fourth-order valence-electron chi connectivity index (χ4n) is 3.86. The zero-order valence-corrected chi connectivity index (χ0v) is 20.7. The maximum absolute atomic E-state index is 14.9. The van der Waals surface area contributed by atoms with E-state index < -0.39 is 42.2 Å². The number of alkyl halides is 3. The van der Waals surface area contributed by atoms with Crippen LogP contribution in [0.3, 0.4) is 0 Å². The molecule has 2 atom stereocenters. The summed E-state index contributed by atoms with van der Waals surface area (Å²) in [7, 11) is 1.59. The van der Waals surface area contributed by atoms with Gasteiger partial charge in [0.05, 0.1) is 19.0 Å². The molecule has 2 aromatic heterocycles. The van der Waals surface area contributed by atoms with Crippen LogP contribution in [0.5, 0.6) is 5.88 Å². The van der Waals surface area contributed by atoms with E-state index in [1.807, 2.05) is 0 Å². The van der Waals surface area contributed by atoms with Gasteiger partial charge in [-0.25, -0.2) is 29.5 Å². The second kappa shape index (κ2) is 11.2. The van der Waals surface area contributed by atoms with Gasteiger partial charge in [0.15, 0.2) is 11.8 Å². The third-order valence-electron chi connectivity index (χ3n) is 5.73. The normalized spacial score (nSPS) is 19.2. The van der Waals surface area contributed by atoms with Crippen molar-refractivity contribution >= 4 is 12.1 Å². The van der Waals surface area contributed by atoms with Crippen LogP contribution in [0, 0.1) is 5.82 Å². The van der Waals surface area contributed by atoms with Gasteiger partial charge in [-0.2, -0.15) is 13.2 Å². The highest BCUT2D eigenvalue weighted by molar-refractivity contribution is 5.90. The number of carboxylic acid groups (broad SMARTS) is 1. The summed E-state index contributed by atoms with van der Waals surface area (Å²) in [5, 5.41) is 14.6. The third kappa shape index (κ3) is 6.60. The summed E-state index contributed by atoms with van der Waals surface area (Å²) in [6, 6.07) is 1.92. The molecule has 0 saturated carbocycles. The van der Waals surface area contributed by atoms with E-state index in [2.05, 4.69) is 20.1 Å². The van der Waals surface area contributed by atoms with Crippen LogP contribution in [0.1, 0.15) is 25.3 Å². The molecule has 1 aromatic carbocycles. The maximum atomic E-state index is 14.9. The lowest BCUT2D eigenvalue weighted by Gasteiger charge is -2.38. The van der Waals surface area contributed by atoms with Crippen LogP contribution in [0.4, 0.5) is 22.4 Å². The summed E-state index contributed by atoms with van der Waals surface area (Å²) >= 11 is 0. The summed E-state index contributed by atoms with van der Waals surface area (Å²) < 4.78 is 76.8. The van der Waals surface area contributed by atoms with Gasteiger partial charge in [-0.1, -0.05) is 5.16 Å². The van der Waals surface area contributed by atoms with Crippen LogP contribution >= 0.6 is 0 Å². The van der Waals surface area contributed by atoms with Crippen molar-refractivity contribution in [2.45, 2.75) is 37.6 Å². The number of amidine groups is 1. The molecule has 3 heterocycles. The highest BCUT2D eigenvalue weighted by Crippen LogP contribution is 2.42. The first-order valence-corrected chi connectivity index (χ1v) is 11.5. The highest BCUT2D eigenvalue weighted by Gasteiger charge is 2.50. The number of rotatable bonds is 8. The SMILES string of the molecule is COCCCOc1cnc(-c2cc(-c3ccc(F)c([C@]4(C)C[C@@H](C(F)(F)F)N=C(NC(=O)O)O4)c3)on2)cn1. The maximum Gasteiger partial charge on any atom is 0.412 e. The lowest BCUT2D eigenvalue weighted by atomic mass is 9.86. The largest absolute Gasteiger partial charge is 0.476 e. The summed E-state index contributed by atoms with van der Waals surface area (Å²) in [5.74, 6) is -0.400. The second-order valence-electron chi connectivity index (χ2n) is 8.66. The Bertz CT molecular complexity index is 1350. The lowest BCUT2D eigenvalue weighted by Crippen LogP contribution is -2.48. The van der Waals surface area contributed by atoms with Crippen molar-refractivity contribution in [2.75, 3.05) is 20.3 Å². The predicted octanol–water partition coefficient (Wildman–Crippen LogP) is 4.54. The Balaban J connectivity index is 1.58. The fraction of sp³-hybridized carbons (Fsp3) is 0.375. The molecule has 0 aliphatic carbocycles. The molecule has 39 heavy (non-hydrogen) atoms. The van der Waals surface area contributed by atoms with Crippen molar-refractivity contribution in [2.24, 2.45) is 4.99 Å². The average molecular weight is 553 g/mol. The van der Waals surface area contributed by atoms with E-state index in [1.165, 1.54) is 37.5 Å². The Morgan fingerprint density at radius 2 is 2.00 bits per heavy atom. The van der Waals surface area contributed by atoms with E-state index in [0.717, 1.165) is 6.07 Å². The van der Waals surface area contributed by atoms with Crippen LogP contribution in [-0.2, 0) is 15.1 Å². The summed E-state index contributed by atoms with van der Waals surface area (Å²) in [5.41, 5.74) is -1.26. The number of halogens is 4. The molecule has 0 unspecified atom stereocenters. The van der Waals surface area contributed by atoms with E-state index in [0.29, 0.717) is 36.9 Å². The summed E-state index contributed by atoms with van der Waals surface area (Å²) in [6.45, 7) is 2.15. The minimum Gasteiger partial charge on any atom is -0.476 e. The van der Waals surface area contributed by atoms with E-state index in [-0.39, 0.29) is 16.9 Å². The minimum absolute atomic E-state index is 0.164. The monoisotopic (exact) mass is 553 g/mol. The van der Waals surface area contributed by atoms with Gasteiger partial charge in [0.2, 0.25) is 5.88 Å². The molecule has 0 bridgehead atoms. The molecular weight excluding hydrogens is 530 g/mol. The van der Waals surface area contributed by atoms with E-state index in [9.17, 15) is 22.4 Å². The number of hydrogen-bond acceptors (Lipinski definition) is 9. The Morgan fingerprint density at radius 3 is 2.67 bits per heavy atom. The second-order valence-corrected chi connectivity index (χ2v) is 8.66. The zero-order chi connectivity index (χ0) is 28.2. The first-order chi connectivity index (χ1) is 18.5. The molecule has 1 aliphatic rings. The summed E-state index contributed by atoms with van der Waals surface area (Å²) in [4.78, 5) is 22.7. The smallest absolute Gasteiger partial charge is 0.412 e. The minimum atomic E-state index is -4.82. The topological polar surface area (TPSA) is 141 Å². The zero-order valence-electron chi connectivity index (χ0n) is 20.7. The molecule has 3 aromatic rings. The molecule has 0 fully saturated rings. The van der Waals surface area contributed by atoms with Crippen molar-refractivity contribution in [3.8, 4) is 28.6 Å². The van der Waals surface area contributed by atoms with Crippen LogP contribution in [-0.4, -0.2) is 64.9 Å². The van der Waals surface area contributed by atoms with Crippen molar-refractivity contribution in [1.82, 2.24) is 20.4 Å². The van der Waals surface area contributed by atoms with E-state index in [4.69, 9.17) is 23.8 Å². The van der Waals surface area contributed by atoms with Crippen molar-refractivity contribution in [1.29, 1.82) is 0 Å². The van der Waals surface area contributed by atoms with Crippen molar-refractivity contribution < 1.29 is 46.2 Å². The van der Waals surface area contributed by atoms with Crippen LogP contribution in [0.15, 0.2) is 46.2 Å². The van der Waals surface area contributed by atoms with Crippen LogP contribution in [0.25, 0.3) is 22.7 Å². The molecule has 0 radical (unpaired) electrons. The molecule has 0 spiro atoms. The molecule has 1 amide bonds. The molecule has 11 nitrogen and oxygen atoms in total. The lowest BCUT2D eigenvalue weighted by molar-refractivity contribution is -0.164. The number of ether oxygens (including phenoxy) is 3. The molecule has 15 heteroatoms. The molecule has 208 valence electrons. The Labute approximate surface area is 218 Å². The number of aromatic nitrogens is 3. The fourth-order valence-corrected chi connectivity index (χ4v) is 3.86. The number of hydrogen-bond donors (Lipinski definition) is 2. The molecule has 1 aliphatic heterocycles. The Kier molecular flexibility index (Phi) is 7.99. The third-order valence-corrected chi connectivity index (χ3v) is 5.73. The number of benzene rings is 1. The van der Waals surface area contributed by atoms with Gasteiger partial charge in [0.1, 0.15) is 22.8 Å². The van der Waals surface area contributed by atoms with E-state index >= 15 is 0 Å². The average Bonchev–Trinajstić information content (AvgIpc) is 3.36. The standard InChI is InChI=1S/C24H23F4N5O6/c1-23(10-19(24(26,27)28)31-21(38-23)32-22(34)35)14-8-13(4-5-15(14)25)18-9-16(33-39-18)17-11-30-20(12-29-17)37-7-3-6-36-2/h4-5,8-9,11-12,19H,3,6-7,10H2,1-2H3,(H,31,32)(H,34,35)/t19-,23-/m0/s1. The molecule has 4 rings (SSSR count). The number of carbonyl (C=O) groups is 1. The van der Waals surface area contributed by atoms with Gasteiger partial charge >= 0.3 is 12.3 Å². The number of aliphatic imine (C=N–C) groups is 1. The van der Waals surface area contributed by atoms with Crippen LogP contribution < -0.4 is 10.1 Å². The quantitative estimate of drug-likeness (QED) is 0.304. The van der Waals surface area contributed by atoms with Crippen molar-refractivity contribution in [3.05, 3.63) is 48.0 Å². The molecular formula is C24H23F4N5O6. The van der Waals surface area contributed by atoms with E-state index in [1.54, 1.807) is 12.4 Å². The number of nitrogens with one attached hydrogen (secondary N) is 1. The molecule has 2 N–H and O–H groups in total. The van der Waals surface area contributed by atoms with Crippen LogP contribution in [0.2, 0.25) is 0 Å². The van der Waals surface area contributed by atoms with Gasteiger partial charge in [0, 0.05) is 43.8 Å². The highest BCUT2D eigenvalue weighted by atomic mass is 19.4. The van der Waals surface area contributed by atoms with Gasteiger partial charge in [-0.3, -0.25) is 0 Å². The Morgan fingerprint density at radius 1 is 1.21 bits per heavy atom. The number of nitrogens with zero attached hydrogens (tertiary/aromatic N) is 4. The van der Waals surface area contributed by atoms with Gasteiger partial charge < -0.3 is 23.8 Å². The van der Waals surface area contributed by atoms with Gasteiger partial charge in [0.25, 0.3) is 6.02 Å². The predicted molar refractivity (Wildman–Crippen MR) is 126 cm³/mol. The first kappa shape index (κ1) is 27.8. The first-order valence-electron chi connectivity index (χ1n) is 11.5. The summed E-state index contributed by atoms with van der Waals surface area (Å²) in [6.07, 6.45) is -3.79. The van der Waals surface area contributed by atoms with Crippen molar-refractivity contribution in [3.63, 3.8) is 0 Å². The van der Waals surface area contributed by atoms with Gasteiger partial charge in [-0.05, 0) is 25.1 Å². The molecule has 0 saturated heterocycles. The Hall–Kier alpha value is -4.27. The number of methoxy groups -OCH3 is 1. The number of amides is 1. The van der Waals surface area contributed by atoms with Gasteiger partial charge in [-0.15, -0.1) is 0 Å².